The van der Waals surface area contributed by atoms with Gasteiger partial charge in [0.05, 0.1) is 20.1 Å². The van der Waals surface area contributed by atoms with E-state index >= 15 is 0 Å². The number of carbonyl (C=O) groups is 2. The van der Waals surface area contributed by atoms with Crippen LogP contribution in [0.4, 0.5) is 0 Å². The fourth-order valence-corrected chi connectivity index (χ4v) is 2.91. The van der Waals surface area contributed by atoms with E-state index in [9.17, 15) is 9.59 Å². The Hall–Kier alpha value is -2.28. The summed E-state index contributed by atoms with van der Waals surface area (Å²) in [5, 5.41) is 0. The van der Waals surface area contributed by atoms with Crippen molar-refractivity contribution < 1.29 is 19.1 Å². The fourth-order valence-electron chi connectivity index (χ4n) is 2.91. The number of hydrogen-bond acceptors (Lipinski definition) is 5. The zero-order valence-corrected chi connectivity index (χ0v) is 14.4. The number of ether oxygens (including phenoxy) is 2. The predicted octanol–water partition coefficient (Wildman–Crippen LogP) is 0.469. The molecule has 0 aliphatic carbocycles. The first-order valence-electron chi connectivity index (χ1n) is 7.92. The molecule has 1 aliphatic rings. The Bertz CT molecular complexity index is 605. The Morgan fingerprint density at radius 2 is 1.96 bits per heavy atom. The monoisotopic (exact) mass is 335 g/mol. The maximum absolute atomic E-state index is 11.7. The van der Waals surface area contributed by atoms with E-state index in [0.29, 0.717) is 32.7 Å². The quantitative estimate of drug-likeness (QED) is 0.845. The lowest BCUT2D eigenvalue weighted by atomic mass is 10.1. The van der Waals surface area contributed by atoms with Gasteiger partial charge in [-0.05, 0) is 6.07 Å². The fraction of sp³-hybridized carbons (Fsp3) is 0.529. The van der Waals surface area contributed by atoms with Crippen LogP contribution in [0.15, 0.2) is 18.2 Å². The molecule has 1 heterocycles. The summed E-state index contributed by atoms with van der Waals surface area (Å²) in [6, 6.07) is 5.66. The molecule has 1 aliphatic heterocycles. The van der Waals surface area contributed by atoms with E-state index in [1.165, 1.54) is 6.92 Å². The molecule has 0 spiro atoms. The third kappa shape index (κ3) is 4.38. The second kappa shape index (κ2) is 8.01. The van der Waals surface area contributed by atoms with Crippen molar-refractivity contribution >= 4 is 11.8 Å². The van der Waals surface area contributed by atoms with E-state index in [4.69, 9.17) is 15.2 Å². The van der Waals surface area contributed by atoms with Gasteiger partial charge in [-0.3, -0.25) is 14.5 Å². The van der Waals surface area contributed by atoms with Gasteiger partial charge in [0.25, 0.3) is 0 Å². The smallest absolute Gasteiger partial charge is 0.223 e. The van der Waals surface area contributed by atoms with Gasteiger partial charge in [0.1, 0.15) is 11.5 Å². The van der Waals surface area contributed by atoms with E-state index < -0.39 is 0 Å². The standard InChI is InChI=1S/C17H25N3O4/c1-12(21)20-7-6-19(10-14(11-20)17(18)22)9-13-4-5-15(23-2)8-16(13)24-3/h4-5,8,14H,6-7,9-11H2,1-3H3,(H2,18,22)/t14-/m0/s1. The minimum Gasteiger partial charge on any atom is -0.497 e. The third-order valence-electron chi connectivity index (χ3n) is 4.34. The largest absolute Gasteiger partial charge is 0.497 e. The van der Waals surface area contributed by atoms with Crippen molar-refractivity contribution in [2.24, 2.45) is 11.7 Å². The molecule has 7 nitrogen and oxygen atoms in total. The molecule has 0 bridgehead atoms. The summed E-state index contributed by atoms with van der Waals surface area (Å²) in [6.45, 7) is 4.29. The molecule has 1 saturated heterocycles. The van der Waals surface area contributed by atoms with Crippen LogP contribution in [0.3, 0.4) is 0 Å². The number of nitrogens with zero attached hydrogens (tertiary/aromatic N) is 2. The predicted molar refractivity (Wildman–Crippen MR) is 89.8 cm³/mol. The normalized spacial score (nSPS) is 18.8. The SMILES string of the molecule is COc1ccc(CN2CCN(C(C)=O)C[C@@H](C(N)=O)C2)c(OC)c1. The van der Waals surface area contributed by atoms with Gasteiger partial charge in [0.2, 0.25) is 11.8 Å². The maximum atomic E-state index is 11.7. The average Bonchev–Trinajstić information content (AvgIpc) is 2.78. The van der Waals surface area contributed by atoms with Gasteiger partial charge in [-0.25, -0.2) is 0 Å². The Morgan fingerprint density at radius 1 is 1.21 bits per heavy atom. The topological polar surface area (TPSA) is 85.1 Å². The summed E-state index contributed by atoms with van der Waals surface area (Å²) in [4.78, 5) is 27.2. The van der Waals surface area contributed by atoms with E-state index in [2.05, 4.69) is 4.90 Å². The molecule has 2 amide bonds. The van der Waals surface area contributed by atoms with E-state index in [0.717, 1.165) is 17.1 Å². The van der Waals surface area contributed by atoms with Crippen LogP contribution in [0.1, 0.15) is 12.5 Å². The van der Waals surface area contributed by atoms with E-state index in [1.807, 2.05) is 18.2 Å². The summed E-state index contributed by atoms with van der Waals surface area (Å²) < 4.78 is 10.6. The molecule has 0 aromatic heterocycles. The zero-order chi connectivity index (χ0) is 17.7. The highest BCUT2D eigenvalue weighted by molar-refractivity contribution is 5.79. The van der Waals surface area contributed by atoms with Crippen LogP contribution in [-0.4, -0.2) is 62.0 Å². The highest BCUT2D eigenvalue weighted by Crippen LogP contribution is 2.26. The summed E-state index contributed by atoms with van der Waals surface area (Å²) in [5.41, 5.74) is 6.50. The van der Waals surface area contributed by atoms with Crippen LogP contribution < -0.4 is 15.2 Å². The highest BCUT2D eigenvalue weighted by atomic mass is 16.5. The molecule has 1 atom stereocenters. The number of methoxy groups -OCH3 is 2. The van der Waals surface area contributed by atoms with Gasteiger partial charge in [-0.2, -0.15) is 0 Å². The van der Waals surface area contributed by atoms with Crippen molar-refractivity contribution in [2.45, 2.75) is 13.5 Å². The maximum Gasteiger partial charge on any atom is 0.223 e. The second-order valence-corrected chi connectivity index (χ2v) is 5.98. The first-order valence-corrected chi connectivity index (χ1v) is 7.92. The molecule has 24 heavy (non-hydrogen) atoms. The molecule has 0 saturated carbocycles. The molecule has 2 rings (SSSR count). The first-order chi connectivity index (χ1) is 11.4. The Balaban J connectivity index is 2.16. The third-order valence-corrected chi connectivity index (χ3v) is 4.34. The number of hydrogen-bond donors (Lipinski definition) is 1. The lowest BCUT2D eigenvalue weighted by molar-refractivity contribution is -0.130. The summed E-state index contributed by atoms with van der Waals surface area (Å²) in [6.07, 6.45) is 0. The van der Waals surface area contributed by atoms with Crippen molar-refractivity contribution in [3.05, 3.63) is 23.8 Å². The summed E-state index contributed by atoms with van der Waals surface area (Å²) in [5.74, 6) is 0.669. The minimum atomic E-state index is -0.380. The van der Waals surface area contributed by atoms with E-state index in [-0.39, 0.29) is 17.7 Å². The number of nitrogens with two attached hydrogens (primary N) is 1. The number of carbonyl (C=O) groups excluding carboxylic acids is 2. The molecule has 1 aromatic carbocycles. The Kier molecular flexibility index (Phi) is 6.03. The lowest BCUT2D eigenvalue weighted by Crippen LogP contribution is -2.39. The van der Waals surface area contributed by atoms with Crippen molar-refractivity contribution in [1.29, 1.82) is 0 Å². The van der Waals surface area contributed by atoms with Crippen LogP contribution in [-0.2, 0) is 16.1 Å². The minimum absolute atomic E-state index is 0.0369. The molecule has 2 N–H and O–H groups in total. The molecule has 132 valence electrons. The van der Waals surface area contributed by atoms with Crippen molar-refractivity contribution in [3.63, 3.8) is 0 Å². The van der Waals surface area contributed by atoms with Gasteiger partial charge in [0.15, 0.2) is 0 Å². The average molecular weight is 335 g/mol. The molecule has 0 unspecified atom stereocenters. The first kappa shape index (κ1) is 18.1. The van der Waals surface area contributed by atoms with Gasteiger partial charge >= 0.3 is 0 Å². The molecule has 1 aromatic rings. The van der Waals surface area contributed by atoms with Crippen LogP contribution >= 0.6 is 0 Å². The van der Waals surface area contributed by atoms with Crippen molar-refractivity contribution in [2.75, 3.05) is 40.4 Å². The van der Waals surface area contributed by atoms with Gasteiger partial charge < -0.3 is 20.1 Å². The Morgan fingerprint density at radius 3 is 2.54 bits per heavy atom. The molecular formula is C17H25N3O4. The van der Waals surface area contributed by atoms with Crippen LogP contribution in [0.5, 0.6) is 11.5 Å². The van der Waals surface area contributed by atoms with E-state index in [1.54, 1.807) is 19.1 Å². The number of amides is 2. The number of benzene rings is 1. The highest BCUT2D eigenvalue weighted by Gasteiger charge is 2.28. The summed E-state index contributed by atoms with van der Waals surface area (Å²) >= 11 is 0. The number of primary amides is 1. The molecule has 7 heteroatoms. The van der Waals surface area contributed by atoms with Crippen LogP contribution in [0, 0.1) is 5.92 Å². The molecule has 0 radical (unpaired) electrons. The number of rotatable bonds is 5. The van der Waals surface area contributed by atoms with Gasteiger partial charge in [0, 0.05) is 51.3 Å². The van der Waals surface area contributed by atoms with Crippen molar-refractivity contribution in [1.82, 2.24) is 9.80 Å². The van der Waals surface area contributed by atoms with Crippen molar-refractivity contribution in [3.8, 4) is 11.5 Å². The molecule has 1 fully saturated rings. The van der Waals surface area contributed by atoms with Gasteiger partial charge in [-0.15, -0.1) is 0 Å². The summed E-state index contributed by atoms with van der Waals surface area (Å²) in [7, 11) is 3.22. The Labute approximate surface area is 142 Å². The molecular weight excluding hydrogens is 310 g/mol. The van der Waals surface area contributed by atoms with Crippen LogP contribution in [0.2, 0.25) is 0 Å². The van der Waals surface area contributed by atoms with Crippen LogP contribution in [0.25, 0.3) is 0 Å². The zero-order valence-electron chi connectivity index (χ0n) is 14.4. The van der Waals surface area contributed by atoms with Gasteiger partial charge in [-0.1, -0.05) is 6.07 Å². The lowest BCUT2D eigenvalue weighted by Gasteiger charge is -2.23. The second-order valence-electron chi connectivity index (χ2n) is 5.98.